The fourth-order valence-corrected chi connectivity index (χ4v) is 5.04. The Balaban J connectivity index is 1.72. The molecule has 1 heterocycles. The van der Waals surface area contributed by atoms with E-state index in [-0.39, 0.29) is 30.0 Å². The smallest absolute Gasteiger partial charge is 0.248 e. The molecular weight excluding hydrogens is 399 g/mol. The lowest BCUT2D eigenvalue weighted by Crippen LogP contribution is -2.16. The number of terminal acetylenes is 1. The lowest BCUT2D eigenvalue weighted by molar-refractivity contribution is -0.118. The van der Waals surface area contributed by atoms with Crippen molar-refractivity contribution in [2.75, 3.05) is 5.75 Å². The van der Waals surface area contributed by atoms with Gasteiger partial charge in [0.2, 0.25) is 5.91 Å². The predicted octanol–water partition coefficient (Wildman–Crippen LogP) is 3.16. The number of amides is 1. The van der Waals surface area contributed by atoms with Gasteiger partial charge >= 0.3 is 0 Å². The fraction of sp³-hybridized carbons (Fsp3) is 0.200. The summed E-state index contributed by atoms with van der Waals surface area (Å²) in [6.07, 6.45) is 5.54. The van der Waals surface area contributed by atoms with Crippen LogP contribution >= 0.6 is 11.3 Å². The summed E-state index contributed by atoms with van der Waals surface area (Å²) in [7, 11) is -3.57. The standard InChI is InChI=1S/C20H17FN2O3S2/c1-2-13-23-17-6-3-4-7-18(17)27-20(23)22-19(24)8-5-14-28(25,26)16-11-9-15(21)10-12-16/h1,3-4,6-7,9-12H,5,8,13-14H2. The second-order valence-corrected chi connectivity index (χ2v) is 9.14. The average molecular weight is 416 g/mol. The number of thiazole rings is 1. The average Bonchev–Trinajstić information content (AvgIpc) is 2.99. The predicted molar refractivity (Wildman–Crippen MR) is 107 cm³/mol. The Morgan fingerprint density at radius 2 is 1.89 bits per heavy atom. The van der Waals surface area contributed by atoms with Crippen LogP contribution in [0.25, 0.3) is 10.2 Å². The molecule has 0 bridgehead atoms. The van der Waals surface area contributed by atoms with E-state index in [4.69, 9.17) is 6.42 Å². The maximum Gasteiger partial charge on any atom is 0.248 e. The van der Waals surface area contributed by atoms with Gasteiger partial charge < -0.3 is 4.57 Å². The first-order valence-corrected chi connectivity index (χ1v) is 11.0. The van der Waals surface area contributed by atoms with Crippen molar-refractivity contribution in [3.63, 3.8) is 0 Å². The molecule has 8 heteroatoms. The summed E-state index contributed by atoms with van der Waals surface area (Å²) >= 11 is 1.36. The monoisotopic (exact) mass is 416 g/mol. The van der Waals surface area contributed by atoms with Crippen molar-refractivity contribution in [3.8, 4) is 12.3 Å². The molecule has 0 saturated carbocycles. The lowest BCUT2D eigenvalue weighted by atomic mass is 10.3. The molecule has 0 saturated heterocycles. The molecule has 0 N–H and O–H groups in total. The van der Waals surface area contributed by atoms with Crippen molar-refractivity contribution in [1.29, 1.82) is 0 Å². The van der Waals surface area contributed by atoms with Crippen molar-refractivity contribution in [2.24, 2.45) is 4.99 Å². The highest BCUT2D eigenvalue weighted by atomic mass is 32.2. The van der Waals surface area contributed by atoms with Crippen LogP contribution in [0, 0.1) is 18.2 Å². The zero-order valence-electron chi connectivity index (χ0n) is 14.8. The van der Waals surface area contributed by atoms with Crippen LogP contribution in [-0.4, -0.2) is 24.6 Å². The number of fused-ring (bicyclic) bond motifs is 1. The van der Waals surface area contributed by atoms with E-state index in [1.807, 2.05) is 24.3 Å². The number of para-hydroxylation sites is 1. The second-order valence-electron chi connectivity index (χ2n) is 6.02. The van der Waals surface area contributed by atoms with Crippen molar-refractivity contribution in [1.82, 2.24) is 4.57 Å². The number of hydrogen-bond acceptors (Lipinski definition) is 4. The first kappa shape index (κ1) is 20.0. The summed E-state index contributed by atoms with van der Waals surface area (Å²) in [6.45, 7) is 0.287. The number of sulfone groups is 1. The molecule has 5 nitrogen and oxygen atoms in total. The Morgan fingerprint density at radius 3 is 2.61 bits per heavy atom. The molecule has 144 valence electrons. The number of hydrogen-bond donors (Lipinski definition) is 0. The highest BCUT2D eigenvalue weighted by Gasteiger charge is 2.15. The quantitative estimate of drug-likeness (QED) is 0.458. The highest BCUT2D eigenvalue weighted by Crippen LogP contribution is 2.17. The summed E-state index contributed by atoms with van der Waals surface area (Å²) in [5, 5.41) is 0. The lowest BCUT2D eigenvalue weighted by Gasteiger charge is -2.03. The van der Waals surface area contributed by atoms with Crippen molar-refractivity contribution < 1.29 is 17.6 Å². The highest BCUT2D eigenvalue weighted by molar-refractivity contribution is 7.91. The summed E-state index contributed by atoms with van der Waals surface area (Å²) in [5.74, 6) is 1.43. The van der Waals surface area contributed by atoms with E-state index < -0.39 is 21.6 Å². The number of nitrogens with zero attached hydrogens (tertiary/aromatic N) is 2. The molecule has 0 atom stereocenters. The largest absolute Gasteiger partial charge is 0.305 e. The zero-order chi connectivity index (χ0) is 20.1. The first-order valence-electron chi connectivity index (χ1n) is 8.48. The molecule has 0 aliphatic rings. The minimum atomic E-state index is -3.57. The van der Waals surface area contributed by atoms with Crippen molar-refractivity contribution >= 4 is 37.3 Å². The molecule has 1 amide bonds. The van der Waals surface area contributed by atoms with Gasteiger partial charge in [0.05, 0.1) is 27.4 Å². The molecule has 0 unspecified atom stereocenters. The molecule has 3 aromatic rings. The van der Waals surface area contributed by atoms with Crippen LogP contribution in [0.15, 0.2) is 58.4 Å². The van der Waals surface area contributed by atoms with Gasteiger partial charge in [0.1, 0.15) is 5.82 Å². The number of carbonyl (C=O) groups excluding carboxylic acids is 1. The molecular formula is C20H17FN2O3S2. The second kappa shape index (κ2) is 8.50. The third-order valence-corrected chi connectivity index (χ3v) is 6.91. The van der Waals surface area contributed by atoms with Crippen molar-refractivity contribution in [2.45, 2.75) is 24.3 Å². The van der Waals surface area contributed by atoms with Gasteiger partial charge in [0, 0.05) is 6.42 Å². The topological polar surface area (TPSA) is 68.5 Å². The summed E-state index contributed by atoms with van der Waals surface area (Å²) < 4.78 is 40.2. The Labute approximate surface area is 166 Å². The maximum atomic E-state index is 12.9. The van der Waals surface area contributed by atoms with Crippen LogP contribution < -0.4 is 4.80 Å². The van der Waals surface area contributed by atoms with Gasteiger partial charge in [-0.2, -0.15) is 4.99 Å². The van der Waals surface area contributed by atoms with E-state index >= 15 is 0 Å². The molecule has 0 aliphatic heterocycles. The Morgan fingerprint density at radius 1 is 1.18 bits per heavy atom. The number of aromatic nitrogens is 1. The van der Waals surface area contributed by atoms with Crippen molar-refractivity contribution in [3.05, 3.63) is 59.1 Å². The van der Waals surface area contributed by atoms with Gasteiger partial charge in [-0.15, -0.1) is 6.42 Å². The molecule has 0 aliphatic carbocycles. The Kier molecular flexibility index (Phi) is 6.07. The number of halogens is 1. The van der Waals surface area contributed by atoms with Crippen LogP contribution in [0.1, 0.15) is 12.8 Å². The van der Waals surface area contributed by atoms with E-state index in [9.17, 15) is 17.6 Å². The minimum absolute atomic E-state index is 0.00920. The SMILES string of the molecule is C#CCn1c(=NC(=O)CCCS(=O)(=O)c2ccc(F)cc2)sc2ccccc21. The van der Waals surface area contributed by atoms with E-state index in [0.717, 1.165) is 22.3 Å². The van der Waals surface area contributed by atoms with Gasteiger partial charge in [-0.3, -0.25) is 4.79 Å². The molecule has 3 rings (SSSR count). The van der Waals surface area contributed by atoms with E-state index in [1.54, 1.807) is 4.57 Å². The summed E-state index contributed by atoms with van der Waals surface area (Å²) in [6, 6.07) is 12.2. The Bertz CT molecular complexity index is 1220. The van der Waals surface area contributed by atoms with Crippen LogP contribution in [0.2, 0.25) is 0 Å². The van der Waals surface area contributed by atoms with Crippen LogP contribution in [0.3, 0.4) is 0 Å². The maximum absolute atomic E-state index is 12.9. The normalized spacial score (nSPS) is 12.2. The minimum Gasteiger partial charge on any atom is -0.305 e. The summed E-state index contributed by atoms with van der Waals surface area (Å²) in [4.78, 5) is 16.9. The van der Waals surface area contributed by atoms with Gasteiger partial charge in [-0.1, -0.05) is 29.4 Å². The van der Waals surface area contributed by atoms with Crippen LogP contribution in [-0.2, 0) is 21.2 Å². The molecule has 0 spiro atoms. The Hall–Kier alpha value is -2.76. The number of rotatable bonds is 6. The molecule has 2 aromatic carbocycles. The van der Waals surface area contributed by atoms with Gasteiger partial charge in [0.25, 0.3) is 0 Å². The third kappa shape index (κ3) is 4.55. The van der Waals surface area contributed by atoms with E-state index in [1.165, 1.54) is 23.5 Å². The van der Waals surface area contributed by atoms with Crippen LogP contribution in [0.5, 0.6) is 0 Å². The molecule has 28 heavy (non-hydrogen) atoms. The molecule has 0 radical (unpaired) electrons. The van der Waals surface area contributed by atoms with E-state index in [0.29, 0.717) is 4.80 Å². The fourth-order valence-electron chi connectivity index (χ4n) is 2.69. The zero-order valence-corrected chi connectivity index (χ0v) is 16.5. The number of carbonyl (C=O) groups is 1. The first-order chi connectivity index (χ1) is 13.4. The summed E-state index contributed by atoms with van der Waals surface area (Å²) in [5.41, 5.74) is 0.899. The number of benzene rings is 2. The molecule has 1 aromatic heterocycles. The third-order valence-electron chi connectivity index (χ3n) is 4.03. The van der Waals surface area contributed by atoms with E-state index in [2.05, 4.69) is 10.9 Å². The van der Waals surface area contributed by atoms with Crippen LogP contribution in [0.4, 0.5) is 4.39 Å². The van der Waals surface area contributed by atoms with Gasteiger partial charge in [-0.25, -0.2) is 12.8 Å². The van der Waals surface area contributed by atoms with Gasteiger partial charge in [-0.05, 0) is 42.8 Å². The molecule has 0 fully saturated rings. The van der Waals surface area contributed by atoms with Gasteiger partial charge in [0.15, 0.2) is 14.6 Å².